The number of anilines is 1. The van der Waals surface area contributed by atoms with E-state index < -0.39 is 15.9 Å². The Kier molecular flexibility index (Phi) is 5.41. The molecule has 0 fully saturated rings. The van der Waals surface area contributed by atoms with Crippen molar-refractivity contribution < 1.29 is 13.2 Å². The Balaban J connectivity index is 1.87. The van der Waals surface area contributed by atoms with E-state index in [1.807, 2.05) is 80.6 Å². The lowest BCUT2D eigenvalue weighted by atomic mass is 9.95. The maximum atomic E-state index is 13.5. The molecule has 4 rings (SSSR count). The third-order valence-electron chi connectivity index (χ3n) is 5.55. The number of sulfonamides is 1. The van der Waals surface area contributed by atoms with Crippen LogP contribution in [0.5, 0.6) is 0 Å². The molecule has 0 bridgehead atoms. The smallest absolute Gasteiger partial charge is 0.270 e. The van der Waals surface area contributed by atoms with Gasteiger partial charge in [0.25, 0.3) is 15.9 Å². The number of rotatable bonds is 4. The summed E-state index contributed by atoms with van der Waals surface area (Å²) < 4.78 is 28.1. The molecular weight excluding hydrogens is 408 g/mol. The topological polar surface area (TPSA) is 66.5 Å². The Bertz CT molecular complexity index is 1260. The van der Waals surface area contributed by atoms with Crippen LogP contribution in [0.25, 0.3) is 5.57 Å². The van der Waals surface area contributed by atoms with E-state index in [9.17, 15) is 13.2 Å². The van der Waals surface area contributed by atoms with Crippen molar-refractivity contribution in [1.82, 2.24) is 5.32 Å². The number of hydrogen-bond acceptors (Lipinski definition) is 3. The number of aryl methyl sites for hydroxylation is 1. The fourth-order valence-electron chi connectivity index (χ4n) is 3.80. The van der Waals surface area contributed by atoms with Crippen LogP contribution in [0.2, 0.25) is 0 Å². The molecule has 1 atom stereocenters. The highest BCUT2D eigenvalue weighted by Crippen LogP contribution is 2.42. The van der Waals surface area contributed by atoms with Gasteiger partial charge in [-0.3, -0.25) is 9.10 Å². The minimum atomic E-state index is -4.05. The van der Waals surface area contributed by atoms with E-state index in [-0.39, 0.29) is 10.9 Å². The molecule has 6 heteroatoms. The van der Waals surface area contributed by atoms with Crippen LogP contribution in [0.3, 0.4) is 0 Å². The molecule has 5 nitrogen and oxygen atoms in total. The lowest BCUT2D eigenvalue weighted by Crippen LogP contribution is -2.40. The van der Waals surface area contributed by atoms with Gasteiger partial charge in [-0.2, -0.15) is 0 Å². The molecule has 1 heterocycles. The van der Waals surface area contributed by atoms with E-state index in [4.69, 9.17) is 0 Å². The monoisotopic (exact) mass is 432 g/mol. The van der Waals surface area contributed by atoms with E-state index in [0.717, 1.165) is 11.1 Å². The van der Waals surface area contributed by atoms with Gasteiger partial charge < -0.3 is 5.32 Å². The van der Waals surface area contributed by atoms with Gasteiger partial charge >= 0.3 is 0 Å². The van der Waals surface area contributed by atoms with Gasteiger partial charge in [0.15, 0.2) is 4.91 Å². The van der Waals surface area contributed by atoms with E-state index in [2.05, 4.69) is 5.32 Å². The average Bonchev–Trinajstić information content (AvgIpc) is 2.77. The Morgan fingerprint density at radius 2 is 1.52 bits per heavy atom. The molecule has 0 saturated heterocycles. The normalized spacial score (nSPS) is 15.9. The zero-order chi connectivity index (χ0) is 22.2. The van der Waals surface area contributed by atoms with Crippen molar-refractivity contribution in [2.75, 3.05) is 11.4 Å². The van der Waals surface area contributed by atoms with Gasteiger partial charge in [0, 0.05) is 18.2 Å². The summed E-state index contributed by atoms with van der Waals surface area (Å²) in [4.78, 5) is 13.2. The Morgan fingerprint density at radius 3 is 2.19 bits per heavy atom. The highest BCUT2D eigenvalue weighted by atomic mass is 32.2. The van der Waals surface area contributed by atoms with Crippen molar-refractivity contribution in [3.63, 3.8) is 0 Å². The molecule has 158 valence electrons. The van der Waals surface area contributed by atoms with E-state index >= 15 is 0 Å². The third kappa shape index (κ3) is 3.75. The number of fused-ring (bicyclic) bond motifs is 1. The molecule has 1 aliphatic heterocycles. The molecule has 0 aromatic heterocycles. The Morgan fingerprint density at radius 1 is 0.903 bits per heavy atom. The second-order valence-electron chi connectivity index (χ2n) is 7.67. The van der Waals surface area contributed by atoms with Crippen molar-refractivity contribution >= 4 is 27.2 Å². The summed E-state index contributed by atoms with van der Waals surface area (Å²) in [7, 11) is -2.57. The zero-order valence-electron chi connectivity index (χ0n) is 17.7. The first-order valence-corrected chi connectivity index (χ1v) is 11.5. The molecule has 0 spiro atoms. The van der Waals surface area contributed by atoms with E-state index in [1.54, 1.807) is 12.1 Å². The van der Waals surface area contributed by atoms with Crippen molar-refractivity contribution in [3.05, 3.63) is 106 Å². The summed E-state index contributed by atoms with van der Waals surface area (Å²) in [5, 5.41) is 2.89. The highest BCUT2D eigenvalue weighted by Gasteiger charge is 2.39. The van der Waals surface area contributed by atoms with Gasteiger partial charge in [-0.05, 0) is 31.0 Å². The molecule has 3 aromatic rings. The number of nitrogens with one attached hydrogen (secondary N) is 1. The maximum Gasteiger partial charge on any atom is 0.270 e. The van der Waals surface area contributed by atoms with Crippen LogP contribution in [-0.2, 0) is 14.8 Å². The quantitative estimate of drug-likeness (QED) is 0.664. The van der Waals surface area contributed by atoms with Gasteiger partial charge in [0.1, 0.15) is 0 Å². The van der Waals surface area contributed by atoms with Crippen molar-refractivity contribution in [2.45, 2.75) is 19.9 Å². The van der Waals surface area contributed by atoms with Crippen molar-refractivity contribution in [1.29, 1.82) is 0 Å². The molecule has 0 saturated carbocycles. The van der Waals surface area contributed by atoms with Crippen molar-refractivity contribution in [2.24, 2.45) is 0 Å². The van der Waals surface area contributed by atoms with E-state index in [1.165, 1.54) is 11.4 Å². The van der Waals surface area contributed by atoms with Gasteiger partial charge in [0.05, 0.1) is 11.7 Å². The van der Waals surface area contributed by atoms with Crippen LogP contribution in [0.1, 0.15) is 35.2 Å². The fourth-order valence-corrected chi connectivity index (χ4v) is 5.27. The molecule has 1 amide bonds. The van der Waals surface area contributed by atoms with Crippen LogP contribution in [-0.4, -0.2) is 21.4 Å². The second kappa shape index (κ2) is 8.04. The number of hydrogen-bond donors (Lipinski definition) is 1. The summed E-state index contributed by atoms with van der Waals surface area (Å²) in [6.07, 6.45) is 0. The Labute approximate surface area is 183 Å². The lowest BCUT2D eigenvalue weighted by molar-refractivity contribution is -0.117. The molecule has 1 aliphatic rings. The summed E-state index contributed by atoms with van der Waals surface area (Å²) in [6.45, 7) is 3.84. The standard InChI is InChI=1S/C25H24N2O3S/c1-17-13-15-19(16-14-17)18(2)26-25(28)24-23(20-9-5-4-6-10-20)21-11-7-8-12-22(21)27(3)31(24,29)30/h4-16,18H,1-3H3,(H,26,28). The zero-order valence-corrected chi connectivity index (χ0v) is 18.5. The molecule has 1 N–H and O–H groups in total. The largest absolute Gasteiger partial charge is 0.345 e. The van der Waals surface area contributed by atoms with Gasteiger partial charge in [-0.25, -0.2) is 8.42 Å². The fraction of sp³-hybridized carbons (Fsp3) is 0.160. The minimum Gasteiger partial charge on any atom is -0.345 e. The molecule has 0 radical (unpaired) electrons. The summed E-state index contributed by atoms with van der Waals surface area (Å²) in [5.41, 5.74) is 4.37. The number of nitrogens with zero attached hydrogens (tertiary/aromatic N) is 1. The molecule has 0 aliphatic carbocycles. The lowest BCUT2D eigenvalue weighted by Gasteiger charge is -2.31. The Hall–Kier alpha value is -3.38. The van der Waals surface area contributed by atoms with Gasteiger partial charge in [0.2, 0.25) is 0 Å². The van der Waals surface area contributed by atoms with Gasteiger partial charge in [-0.15, -0.1) is 0 Å². The summed E-state index contributed by atoms with van der Waals surface area (Å²) in [5.74, 6) is -0.617. The minimum absolute atomic E-state index is 0.237. The van der Waals surface area contributed by atoms with Crippen LogP contribution in [0, 0.1) is 6.92 Å². The summed E-state index contributed by atoms with van der Waals surface area (Å²) >= 11 is 0. The number of para-hydroxylation sites is 1. The summed E-state index contributed by atoms with van der Waals surface area (Å²) in [6, 6.07) is 23.9. The first kappa shape index (κ1) is 20.9. The first-order valence-electron chi connectivity index (χ1n) is 10.1. The predicted molar refractivity (Wildman–Crippen MR) is 124 cm³/mol. The number of amides is 1. The number of benzene rings is 3. The molecule has 31 heavy (non-hydrogen) atoms. The van der Waals surface area contributed by atoms with E-state index in [0.29, 0.717) is 22.4 Å². The number of carbonyl (C=O) groups excluding carboxylic acids is 1. The second-order valence-corrected chi connectivity index (χ2v) is 9.57. The molecule has 1 unspecified atom stereocenters. The molecule has 3 aromatic carbocycles. The van der Waals surface area contributed by atoms with Crippen LogP contribution in [0.15, 0.2) is 83.8 Å². The average molecular weight is 433 g/mol. The van der Waals surface area contributed by atoms with Crippen LogP contribution >= 0.6 is 0 Å². The van der Waals surface area contributed by atoms with Crippen LogP contribution in [0.4, 0.5) is 5.69 Å². The maximum absolute atomic E-state index is 13.5. The third-order valence-corrected chi connectivity index (χ3v) is 7.38. The highest BCUT2D eigenvalue weighted by molar-refractivity contribution is 7.97. The molecular formula is C25H24N2O3S. The van der Waals surface area contributed by atoms with Crippen molar-refractivity contribution in [3.8, 4) is 0 Å². The number of carbonyl (C=O) groups is 1. The SMILES string of the molecule is Cc1ccc(C(C)NC(=O)C2=C(c3ccccc3)c3ccccc3N(C)S2(=O)=O)cc1. The predicted octanol–water partition coefficient (Wildman–Crippen LogP) is 4.41. The van der Waals surface area contributed by atoms with Gasteiger partial charge in [-0.1, -0.05) is 78.4 Å². The first-order chi connectivity index (χ1) is 14.8. The van der Waals surface area contributed by atoms with Crippen LogP contribution < -0.4 is 9.62 Å².